The molecule has 5 heteroatoms. The monoisotopic (exact) mass is 177 g/mol. The number of rotatable bonds is 1. The molecule has 1 aliphatic heterocycles. The Balaban J connectivity index is 2.05. The standard InChI is InChI=1S/C8H11N5/c1-6-11-4-7(5-12-6)13-8-9-2-3-10-8/h4-5H,2-3H2,1H3,(H2,9,10,13). The van der Waals surface area contributed by atoms with Crippen molar-refractivity contribution in [3.8, 4) is 0 Å². The molecule has 0 saturated heterocycles. The van der Waals surface area contributed by atoms with E-state index in [4.69, 9.17) is 0 Å². The summed E-state index contributed by atoms with van der Waals surface area (Å²) in [4.78, 5) is 12.3. The van der Waals surface area contributed by atoms with Crippen molar-refractivity contribution < 1.29 is 0 Å². The Morgan fingerprint density at radius 3 is 2.77 bits per heavy atom. The minimum Gasteiger partial charge on any atom is -0.354 e. The Kier molecular flexibility index (Phi) is 2.08. The smallest absolute Gasteiger partial charge is 0.196 e. The molecule has 0 atom stereocenters. The van der Waals surface area contributed by atoms with Gasteiger partial charge in [-0.15, -0.1) is 0 Å². The third-order valence-electron chi connectivity index (χ3n) is 1.72. The van der Waals surface area contributed by atoms with Gasteiger partial charge in [0.05, 0.1) is 24.6 Å². The molecular formula is C8H11N5. The van der Waals surface area contributed by atoms with E-state index in [2.05, 4.69) is 25.6 Å². The first kappa shape index (κ1) is 7.97. The van der Waals surface area contributed by atoms with E-state index < -0.39 is 0 Å². The fourth-order valence-electron chi connectivity index (χ4n) is 1.08. The van der Waals surface area contributed by atoms with E-state index in [-0.39, 0.29) is 0 Å². The molecule has 0 amide bonds. The Bertz CT molecular complexity index is 316. The molecule has 0 unspecified atom stereocenters. The van der Waals surface area contributed by atoms with Crippen LogP contribution in [0, 0.1) is 6.92 Å². The third-order valence-corrected chi connectivity index (χ3v) is 1.72. The third kappa shape index (κ3) is 1.93. The van der Waals surface area contributed by atoms with Crippen molar-refractivity contribution in [1.29, 1.82) is 0 Å². The van der Waals surface area contributed by atoms with E-state index in [0.29, 0.717) is 0 Å². The molecule has 1 aromatic heterocycles. The highest BCUT2D eigenvalue weighted by Gasteiger charge is 2.04. The maximum atomic E-state index is 4.19. The summed E-state index contributed by atoms with van der Waals surface area (Å²) in [6.45, 7) is 3.58. The van der Waals surface area contributed by atoms with Gasteiger partial charge < -0.3 is 10.6 Å². The zero-order chi connectivity index (χ0) is 9.10. The van der Waals surface area contributed by atoms with Crippen LogP contribution >= 0.6 is 0 Å². The lowest BCUT2D eigenvalue weighted by molar-refractivity contribution is 0.958. The van der Waals surface area contributed by atoms with Crippen molar-refractivity contribution in [3.05, 3.63) is 18.2 Å². The van der Waals surface area contributed by atoms with Gasteiger partial charge in [0.25, 0.3) is 0 Å². The van der Waals surface area contributed by atoms with Crippen LogP contribution in [0.1, 0.15) is 5.82 Å². The summed E-state index contributed by atoms with van der Waals surface area (Å²) < 4.78 is 0. The summed E-state index contributed by atoms with van der Waals surface area (Å²) in [5, 5.41) is 6.18. The van der Waals surface area contributed by atoms with Crippen LogP contribution in [-0.2, 0) is 0 Å². The zero-order valence-electron chi connectivity index (χ0n) is 7.41. The number of nitrogens with zero attached hydrogens (tertiary/aromatic N) is 3. The minimum absolute atomic E-state index is 0.770. The number of aryl methyl sites for hydroxylation is 1. The average molecular weight is 177 g/mol. The van der Waals surface area contributed by atoms with Crippen molar-refractivity contribution in [1.82, 2.24) is 15.3 Å². The average Bonchev–Trinajstić information content (AvgIpc) is 2.62. The Morgan fingerprint density at radius 2 is 2.15 bits per heavy atom. The minimum atomic E-state index is 0.770. The number of aliphatic imine (C=N–C) groups is 1. The van der Waals surface area contributed by atoms with Gasteiger partial charge in [0.1, 0.15) is 5.82 Å². The summed E-state index contributed by atoms with van der Waals surface area (Å²) in [6.07, 6.45) is 3.48. The Hall–Kier alpha value is -1.65. The van der Waals surface area contributed by atoms with Gasteiger partial charge in [0.15, 0.2) is 5.96 Å². The highest BCUT2D eigenvalue weighted by Crippen LogP contribution is 2.02. The lowest BCUT2D eigenvalue weighted by Crippen LogP contribution is -2.26. The van der Waals surface area contributed by atoms with Crippen LogP contribution in [0.25, 0.3) is 0 Å². The normalized spacial score (nSPS) is 15.0. The number of anilines is 1. The highest BCUT2D eigenvalue weighted by atomic mass is 15.2. The summed E-state index contributed by atoms with van der Waals surface area (Å²) in [7, 11) is 0. The first-order valence-corrected chi connectivity index (χ1v) is 4.18. The van der Waals surface area contributed by atoms with Crippen molar-refractivity contribution in [2.75, 3.05) is 18.4 Å². The maximum Gasteiger partial charge on any atom is 0.196 e. The fourth-order valence-corrected chi connectivity index (χ4v) is 1.08. The second-order valence-electron chi connectivity index (χ2n) is 2.80. The van der Waals surface area contributed by atoms with Crippen LogP contribution in [0.4, 0.5) is 5.69 Å². The SMILES string of the molecule is Cc1ncc(NC2=NCCN2)cn1. The molecule has 1 aromatic rings. The van der Waals surface area contributed by atoms with E-state index in [1.165, 1.54) is 0 Å². The molecule has 0 fully saturated rings. The molecule has 2 N–H and O–H groups in total. The van der Waals surface area contributed by atoms with Gasteiger partial charge in [-0.3, -0.25) is 4.99 Å². The fraction of sp³-hybridized carbons (Fsp3) is 0.375. The van der Waals surface area contributed by atoms with Gasteiger partial charge in [-0.2, -0.15) is 0 Å². The highest BCUT2D eigenvalue weighted by molar-refractivity contribution is 5.94. The number of hydrogen-bond donors (Lipinski definition) is 2. The Labute approximate surface area is 76.3 Å². The molecule has 2 rings (SSSR count). The predicted molar refractivity (Wildman–Crippen MR) is 50.7 cm³/mol. The van der Waals surface area contributed by atoms with Gasteiger partial charge in [0, 0.05) is 6.54 Å². The predicted octanol–water partition coefficient (Wildman–Crippen LogP) is 0.156. The number of nitrogens with one attached hydrogen (secondary N) is 2. The van der Waals surface area contributed by atoms with E-state index in [1.54, 1.807) is 12.4 Å². The van der Waals surface area contributed by atoms with E-state index in [9.17, 15) is 0 Å². The number of hydrogen-bond acceptors (Lipinski definition) is 5. The lowest BCUT2D eigenvalue weighted by atomic mass is 10.5. The molecule has 13 heavy (non-hydrogen) atoms. The van der Waals surface area contributed by atoms with Crippen molar-refractivity contribution >= 4 is 11.6 Å². The molecule has 0 saturated carbocycles. The summed E-state index contributed by atoms with van der Waals surface area (Å²) in [6, 6.07) is 0. The van der Waals surface area contributed by atoms with Gasteiger partial charge in [-0.25, -0.2) is 9.97 Å². The molecule has 0 aliphatic carbocycles. The van der Waals surface area contributed by atoms with E-state index in [1.807, 2.05) is 6.92 Å². The topological polar surface area (TPSA) is 62.2 Å². The van der Waals surface area contributed by atoms with Crippen LogP contribution in [0.2, 0.25) is 0 Å². The lowest BCUT2D eigenvalue weighted by Gasteiger charge is -2.04. The van der Waals surface area contributed by atoms with Crippen molar-refractivity contribution in [2.24, 2.45) is 4.99 Å². The van der Waals surface area contributed by atoms with Gasteiger partial charge >= 0.3 is 0 Å². The summed E-state index contributed by atoms with van der Waals surface area (Å²) in [5.41, 5.74) is 0.860. The Morgan fingerprint density at radius 1 is 1.38 bits per heavy atom. The van der Waals surface area contributed by atoms with Crippen LogP contribution in [0.3, 0.4) is 0 Å². The summed E-state index contributed by atoms with van der Waals surface area (Å²) in [5.74, 6) is 1.57. The van der Waals surface area contributed by atoms with Crippen molar-refractivity contribution in [2.45, 2.75) is 6.92 Å². The number of guanidine groups is 1. The first-order valence-electron chi connectivity index (χ1n) is 4.18. The molecule has 5 nitrogen and oxygen atoms in total. The van der Waals surface area contributed by atoms with Gasteiger partial charge in [0.2, 0.25) is 0 Å². The second-order valence-corrected chi connectivity index (χ2v) is 2.80. The van der Waals surface area contributed by atoms with Crippen molar-refractivity contribution in [3.63, 3.8) is 0 Å². The second kappa shape index (κ2) is 3.38. The van der Waals surface area contributed by atoms with E-state index >= 15 is 0 Å². The molecular weight excluding hydrogens is 166 g/mol. The molecule has 1 aliphatic rings. The zero-order valence-corrected chi connectivity index (χ0v) is 7.41. The molecule has 0 radical (unpaired) electrons. The van der Waals surface area contributed by atoms with Crippen LogP contribution < -0.4 is 10.6 Å². The molecule has 0 bridgehead atoms. The number of aromatic nitrogens is 2. The molecule has 68 valence electrons. The molecule has 2 heterocycles. The van der Waals surface area contributed by atoms with Gasteiger partial charge in [-0.1, -0.05) is 0 Å². The quantitative estimate of drug-likeness (QED) is 0.641. The molecule has 0 spiro atoms. The van der Waals surface area contributed by atoms with Crippen LogP contribution in [0.15, 0.2) is 17.4 Å². The molecule has 0 aromatic carbocycles. The van der Waals surface area contributed by atoms with E-state index in [0.717, 1.165) is 30.6 Å². The van der Waals surface area contributed by atoms with Gasteiger partial charge in [-0.05, 0) is 6.92 Å². The maximum absolute atomic E-state index is 4.19. The first-order chi connectivity index (χ1) is 6.34. The largest absolute Gasteiger partial charge is 0.354 e. The van der Waals surface area contributed by atoms with Crippen LogP contribution in [-0.4, -0.2) is 29.0 Å². The summed E-state index contributed by atoms with van der Waals surface area (Å²) >= 11 is 0. The van der Waals surface area contributed by atoms with Crippen LogP contribution in [0.5, 0.6) is 0 Å².